The second-order valence-corrected chi connectivity index (χ2v) is 8.71. The highest BCUT2D eigenvalue weighted by molar-refractivity contribution is 5.94. The van der Waals surface area contributed by atoms with Gasteiger partial charge in [0.1, 0.15) is 0 Å². The number of hydrogen-bond donors (Lipinski definition) is 2. The summed E-state index contributed by atoms with van der Waals surface area (Å²) in [5.41, 5.74) is 4.57. The van der Waals surface area contributed by atoms with Crippen LogP contribution in [0.25, 0.3) is 0 Å². The van der Waals surface area contributed by atoms with Crippen LogP contribution in [0.1, 0.15) is 77.9 Å². The van der Waals surface area contributed by atoms with Gasteiger partial charge >= 0.3 is 5.97 Å². The Balaban J connectivity index is 1.77. The molecule has 142 valence electrons. The van der Waals surface area contributed by atoms with Gasteiger partial charge in [0.2, 0.25) is 0 Å². The molecule has 2 aromatic rings. The van der Waals surface area contributed by atoms with E-state index in [0.29, 0.717) is 12.1 Å². The number of benzene rings is 2. The molecular weight excluding hydrogens is 338 g/mol. The van der Waals surface area contributed by atoms with Crippen LogP contribution in [0.5, 0.6) is 0 Å². The molecule has 3 rings (SSSR count). The fourth-order valence-electron chi connectivity index (χ4n) is 3.78. The molecule has 4 nitrogen and oxygen atoms in total. The smallest absolute Gasteiger partial charge is 0.335 e. The number of carboxylic acid groups (broad SMARTS) is 1. The third kappa shape index (κ3) is 3.90. The standard InChI is InChI=1S/C23H27NO3/c1-22(2)11-12-23(3,4)19-13-17(9-10-18(19)22)20(25)24-14-15-5-7-16(8-6-15)21(26)27/h5-10,13H,11-12,14H2,1-4H3,(H,24,25)(H,26,27). The zero-order chi connectivity index (χ0) is 19.8. The van der Waals surface area contributed by atoms with E-state index in [0.717, 1.165) is 18.4 Å². The number of hydrogen-bond acceptors (Lipinski definition) is 2. The van der Waals surface area contributed by atoms with Gasteiger partial charge in [-0.25, -0.2) is 4.79 Å². The van der Waals surface area contributed by atoms with Gasteiger partial charge in [-0.1, -0.05) is 45.9 Å². The van der Waals surface area contributed by atoms with E-state index in [-0.39, 0.29) is 22.3 Å². The molecule has 0 fully saturated rings. The molecular formula is C23H27NO3. The van der Waals surface area contributed by atoms with Gasteiger partial charge in [0.15, 0.2) is 0 Å². The number of amides is 1. The number of carbonyl (C=O) groups excluding carboxylic acids is 1. The summed E-state index contributed by atoms with van der Waals surface area (Å²) in [5.74, 6) is -1.07. The fraction of sp³-hybridized carbons (Fsp3) is 0.391. The number of fused-ring (bicyclic) bond motifs is 1. The number of carboxylic acids is 1. The second kappa shape index (κ2) is 6.84. The summed E-state index contributed by atoms with van der Waals surface area (Å²) in [5, 5.41) is 11.9. The number of carbonyl (C=O) groups is 2. The molecule has 4 heteroatoms. The number of aromatic carboxylic acids is 1. The topological polar surface area (TPSA) is 66.4 Å². The van der Waals surface area contributed by atoms with Crippen LogP contribution in [0, 0.1) is 0 Å². The molecule has 0 heterocycles. The van der Waals surface area contributed by atoms with Crippen LogP contribution in [0.15, 0.2) is 42.5 Å². The van der Waals surface area contributed by atoms with E-state index in [1.165, 1.54) is 11.1 Å². The van der Waals surface area contributed by atoms with E-state index in [1.807, 2.05) is 12.1 Å². The molecule has 0 radical (unpaired) electrons. The van der Waals surface area contributed by atoms with Crippen molar-refractivity contribution in [3.05, 3.63) is 70.3 Å². The lowest BCUT2D eigenvalue weighted by molar-refractivity contribution is 0.0696. The van der Waals surface area contributed by atoms with E-state index in [9.17, 15) is 9.59 Å². The summed E-state index contributed by atoms with van der Waals surface area (Å²) in [6.45, 7) is 9.38. The first-order chi connectivity index (χ1) is 12.6. The summed E-state index contributed by atoms with van der Waals surface area (Å²) in [4.78, 5) is 23.6. The van der Waals surface area contributed by atoms with Crippen molar-refractivity contribution in [1.82, 2.24) is 5.32 Å². The highest BCUT2D eigenvalue weighted by atomic mass is 16.4. The molecule has 0 aromatic heterocycles. The van der Waals surface area contributed by atoms with E-state index < -0.39 is 5.97 Å². The molecule has 1 aliphatic rings. The number of rotatable bonds is 4. The predicted molar refractivity (Wildman–Crippen MR) is 106 cm³/mol. The fourth-order valence-corrected chi connectivity index (χ4v) is 3.78. The normalized spacial score (nSPS) is 17.0. The van der Waals surface area contributed by atoms with Crippen molar-refractivity contribution in [2.75, 3.05) is 0 Å². The van der Waals surface area contributed by atoms with Crippen molar-refractivity contribution >= 4 is 11.9 Å². The van der Waals surface area contributed by atoms with Gasteiger partial charge in [-0.05, 0) is 64.6 Å². The molecule has 0 unspecified atom stereocenters. The lowest BCUT2D eigenvalue weighted by Crippen LogP contribution is -2.34. The van der Waals surface area contributed by atoms with Gasteiger partial charge in [-0.15, -0.1) is 0 Å². The first-order valence-corrected chi connectivity index (χ1v) is 9.36. The molecule has 1 aliphatic carbocycles. The van der Waals surface area contributed by atoms with Crippen molar-refractivity contribution in [3.63, 3.8) is 0 Å². The van der Waals surface area contributed by atoms with Crippen molar-refractivity contribution < 1.29 is 14.7 Å². The molecule has 0 saturated carbocycles. The van der Waals surface area contributed by atoms with E-state index in [2.05, 4.69) is 39.1 Å². The lowest BCUT2D eigenvalue weighted by atomic mass is 9.63. The number of nitrogens with one attached hydrogen (secondary N) is 1. The molecule has 1 amide bonds. The Morgan fingerprint density at radius 1 is 0.889 bits per heavy atom. The largest absolute Gasteiger partial charge is 0.478 e. The summed E-state index contributed by atoms with van der Waals surface area (Å²) >= 11 is 0. The van der Waals surface area contributed by atoms with Crippen LogP contribution in [-0.4, -0.2) is 17.0 Å². The molecule has 0 saturated heterocycles. The molecule has 0 aliphatic heterocycles. The molecule has 0 atom stereocenters. The third-order valence-electron chi connectivity index (χ3n) is 5.77. The highest BCUT2D eigenvalue weighted by Gasteiger charge is 2.37. The summed E-state index contributed by atoms with van der Waals surface area (Å²) in [7, 11) is 0. The van der Waals surface area contributed by atoms with Crippen LogP contribution >= 0.6 is 0 Å². The summed E-state index contributed by atoms with van der Waals surface area (Å²) in [6, 6.07) is 12.6. The first kappa shape index (κ1) is 19.2. The summed E-state index contributed by atoms with van der Waals surface area (Å²) in [6.07, 6.45) is 2.25. The van der Waals surface area contributed by atoms with E-state index in [4.69, 9.17) is 5.11 Å². The highest BCUT2D eigenvalue weighted by Crippen LogP contribution is 2.45. The van der Waals surface area contributed by atoms with Crippen LogP contribution in [0.2, 0.25) is 0 Å². The first-order valence-electron chi connectivity index (χ1n) is 9.36. The predicted octanol–water partition coefficient (Wildman–Crippen LogP) is 4.66. The minimum Gasteiger partial charge on any atom is -0.478 e. The maximum Gasteiger partial charge on any atom is 0.335 e. The minimum atomic E-state index is -0.954. The second-order valence-electron chi connectivity index (χ2n) is 8.71. The average Bonchev–Trinajstić information content (AvgIpc) is 2.63. The van der Waals surface area contributed by atoms with Crippen LogP contribution in [-0.2, 0) is 17.4 Å². The van der Waals surface area contributed by atoms with Gasteiger partial charge in [0.05, 0.1) is 5.56 Å². The Kier molecular flexibility index (Phi) is 4.85. The quantitative estimate of drug-likeness (QED) is 0.828. The van der Waals surface area contributed by atoms with Gasteiger partial charge in [0, 0.05) is 12.1 Å². The third-order valence-corrected chi connectivity index (χ3v) is 5.77. The molecule has 2 aromatic carbocycles. The van der Waals surface area contributed by atoms with Crippen molar-refractivity contribution in [2.24, 2.45) is 0 Å². The van der Waals surface area contributed by atoms with Crippen molar-refractivity contribution in [1.29, 1.82) is 0 Å². The SMILES string of the molecule is CC1(C)CCC(C)(C)c2cc(C(=O)NCc3ccc(C(=O)O)cc3)ccc21. The Morgan fingerprint density at radius 2 is 1.44 bits per heavy atom. The summed E-state index contributed by atoms with van der Waals surface area (Å²) < 4.78 is 0. The van der Waals surface area contributed by atoms with Gasteiger partial charge in [-0.2, -0.15) is 0 Å². The maximum atomic E-state index is 12.6. The van der Waals surface area contributed by atoms with Gasteiger partial charge in [0.25, 0.3) is 5.91 Å². The van der Waals surface area contributed by atoms with Crippen molar-refractivity contribution in [2.45, 2.75) is 57.9 Å². The Morgan fingerprint density at radius 3 is 2.04 bits per heavy atom. The van der Waals surface area contributed by atoms with E-state index in [1.54, 1.807) is 24.3 Å². The Hall–Kier alpha value is -2.62. The van der Waals surface area contributed by atoms with Crippen LogP contribution in [0.4, 0.5) is 0 Å². The molecule has 2 N–H and O–H groups in total. The minimum absolute atomic E-state index is 0.0633. The van der Waals surface area contributed by atoms with E-state index >= 15 is 0 Å². The van der Waals surface area contributed by atoms with Crippen LogP contribution in [0.3, 0.4) is 0 Å². The molecule has 0 bridgehead atoms. The lowest BCUT2D eigenvalue weighted by Gasteiger charge is -2.42. The maximum absolute atomic E-state index is 12.6. The van der Waals surface area contributed by atoms with Gasteiger partial charge < -0.3 is 10.4 Å². The van der Waals surface area contributed by atoms with Gasteiger partial charge in [-0.3, -0.25) is 4.79 Å². The molecule has 0 spiro atoms. The Bertz CT molecular complexity index is 879. The van der Waals surface area contributed by atoms with Crippen LogP contribution < -0.4 is 5.32 Å². The zero-order valence-corrected chi connectivity index (χ0v) is 16.4. The zero-order valence-electron chi connectivity index (χ0n) is 16.4. The monoisotopic (exact) mass is 365 g/mol. The molecule has 27 heavy (non-hydrogen) atoms. The van der Waals surface area contributed by atoms with Crippen molar-refractivity contribution in [3.8, 4) is 0 Å². The average molecular weight is 365 g/mol. The Labute approximate surface area is 160 Å².